The van der Waals surface area contributed by atoms with Crippen molar-refractivity contribution in [2.45, 2.75) is 32.2 Å². The molecule has 0 unspecified atom stereocenters. The summed E-state index contributed by atoms with van der Waals surface area (Å²) in [6.45, 7) is 4.48. The Morgan fingerprint density at radius 1 is 0.837 bits per heavy atom. The van der Waals surface area contributed by atoms with Gasteiger partial charge in [0.25, 0.3) is 0 Å². The molecule has 2 N–H and O–H groups in total. The summed E-state index contributed by atoms with van der Waals surface area (Å²) in [6.07, 6.45) is 6.36. The number of ether oxygens (including phenoxy) is 2. The Bertz CT molecular complexity index is 1760. The van der Waals surface area contributed by atoms with E-state index in [1.54, 1.807) is 18.2 Å². The Morgan fingerprint density at radius 2 is 1.63 bits per heavy atom. The second-order valence-electron chi connectivity index (χ2n) is 10.8. The summed E-state index contributed by atoms with van der Waals surface area (Å²) in [5.41, 5.74) is 1.87. The smallest absolute Gasteiger partial charge is 0.319 e. The molecule has 1 fully saturated rings. The van der Waals surface area contributed by atoms with Crippen molar-refractivity contribution in [3.05, 3.63) is 107 Å². The molecule has 5 aromatic rings. The van der Waals surface area contributed by atoms with Crippen LogP contribution in [-0.4, -0.2) is 37.2 Å². The van der Waals surface area contributed by atoms with Crippen molar-refractivity contribution in [1.82, 2.24) is 10.2 Å². The molecule has 6 rings (SSSR count). The van der Waals surface area contributed by atoms with Crippen LogP contribution in [0.25, 0.3) is 21.7 Å². The van der Waals surface area contributed by atoms with Gasteiger partial charge in [0.05, 0.1) is 23.9 Å². The van der Waals surface area contributed by atoms with E-state index in [1.807, 2.05) is 60.7 Å². The van der Waals surface area contributed by atoms with E-state index in [-0.39, 0.29) is 18.0 Å². The van der Waals surface area contributed by atoms with Crippen LogP contribution < -0.4 is 25.5 Å². The summed E-state index contributed by atoms with van der Waals surface area (Å²) in [6, 6.07) is 25.5. The Labute approximate surface area is 250 Å². The molecular weight excluding hydrogens is 542 g/mol. The maximum absolute atomic E-state index is 12.8. The standard InChI is InChI=1S/C35H35N3O5/c39-32-17-22-42-34-23-25(9-14-30(32)34)24-36-35(40)37-31-15-16-33(29-8-3-2-7-28(29)31)43-27-12-10-26(11-13-27)41-21-6-20-38-18-4-1-5-19-38/h2-3,7-17,22-23H,1,4-6,18-21,24H2,(H2,36,37,40). The zero-order valence-corrected chi connectivity index (χ0v) is 24.0. The molecule has 1 saturated heterocycles. The van der Waals surface area contributed by atoms with Crippen LogP contribution in [0.1, 0.15) is 31.2 Å². The molecule has 0 atom stereocenters. The first-order valence-electron chi connectivity index (χ1n) is 14.8. The minimum Gasteiger partial charge on any atom is -0.494 e. The molecule has 0 spiro atoms. The van der Waals surface area contributed by atoms with Gasteiger partial charge in [0.15, 0.2) is 5.43 Å². The number of carbonyl (C=O) groups excluding carboxylic acids is 1. The second kappa shape index (κ2) is 13.4. The van der Waals surface area contributed by atoms with Gasteiger partial charge in [-0.15, -0.1) is 0 Å². The third-order valence-corrected chi connectivity index (χ3v) is 7.70. The SMILES string of the molecule is O=C(NCc1ccc2c(=O)ccoc2c1)Nc1ccc(Oc2ccc(OCCCN3CCCCC3)cc2)c2ccccc12. The molecule has 0 saturated carbocycles. The number of anilines is 1. The predicted octanol–water partition coefficient (Wildman–Crippen LogP) is 7.32. The lowest BCUT2D eigenvalue weighted by Gasteiger charge is -2.26. The van der Waals surface area contributed by atoms with Gasteiger partial charge in [-0.3, -0.25) is 4.79 Å². The normalized spacial score (nSPS) is 13.6. The maximum Gasteiger partial charge on any atom is 0.319 e. The minimum absolute atomic E-state index is 0.0993. The van der Waals surface area contributed by atoms with Crippen molar-refractivity contribution in [1.29, 1.82) is 0 Å². The van der Waals surface area contributed by atoms with Gasteiger partial charge in [-0.2, -0.15) is 0 Å². The van der Waals surface area contributed by atoms with Gasteiger partial charge in [-0.05, 0) is 86.4 Å². The largest absolute Gasteiger partial charge is 0.494 e. The van der Waals surface area contributed by atoms with E-state index < -0.39 is 0 Å². The molecule has 2 heterocycles. The highest BCUT2D eigenvalue weighted by Gasteiger charge is 2.12. The molecule has 2 amide bonds. The summed E-state index contributed by atoms with van der Waals surface area (Å²) in [5, 5.41) is 8.06. The number of likely N-dealkylation sites (tertiary alicyclic amines) is 1. The monoisotopic (exact) mass is 577 g/mol. The second-order valence-corrected chi connectivity index (χ2v) is 10.8. The number of rotatable bonds is 10. The van der Waals surface area contributed by atoms with Crippen LogP contribution in [0, 0.1) is 0 Å². The molecule has 4 aromatic carbocycles. The summed E-state index contributed by atoms with van der Waals surface area (Å²) in [7, 11) is 0. The Balaban J connectivity index is 1.05. The van der Waals surface area contributed by atoms with Crippen LogP contribution in [-0.2, 0) is 6.54 Å². The van der Waals surface area contributed by atoms with Crippen LogP contribution >= 0.6 is 0 Å². The zero-order valence-electron chi connectivity index (χ0n) is 24.0. The van der Waals surface area contributed by atoms with Crippen LogP contribution in [0.2, 0.25) is 0 Å². The van der Waals surface area contributed by atoms with Gasteiger partial charge in [0.2, 0.25) is 0 Å². The maximum atomic E-state index is 12.8. The number of urea groups is 1. The summed E-state index contributed by atoms with van der Waals surface area (Å²) in [4.78, 5) is 27.3. The van der Waals surface area contributed by atoms with Crippen molar-refractivity contribution in [3.63, 3.8) is 0 Å². The van der Waals surface area contributed by atoms with E-state index in [0.29, 0.717) is 34.8 Å². The van der Waals surface area contributed by atoms with Crippen LogP contribution in [0.4, 0.5) is 10.5 Å². The molecule has 8 nitrogen and oxygen atoms in total. The van der Waals surface area contributed by atoms with Gasteiger partial charge in [-0.1, -0.05) is 36.8 Å². The van der Waals surface area contributed by atoms with E-state index in [0.717, 1.165) is 35.1 Å². The summed E-state index contributed by atoms with van der Waals surface area (Å²) in [5.74, 6) is 2.22. The summed E-state index contributed by atoms with van der Waals surface area (Å²) < 4.78 is 17.6. The number of hydrogen-bond donors (Lipinski definition) is 2. The Hall–Kier alpha value is -4.82. The lowest BCUT2D eigenvalue weighted by Crippen LogP contribution is -2.31. The van der Waals surface area contributed by atoms with Gasteiger partial charge < -0.3 is 29.4 Å². The molecule has 1 aliphatic heterocycles. The molecule has 1 aliphatic rings. The molecule has 0 aliphatic carbocycles. The van der Waals surface area contributed by atoms with E-state index >= 15 is 0 Å². The number of amides is 2. The van der Waals surface area contributed by atoms with Gasteiger partial charge in [-0.25, -0.2) is 4.79 Å². The summed E-state index contributed by atoms with van der Waals surface area (Å²) >= 11 is 0. The third kappa shape index (κ3) is 7.16. The lowest BCUT2D eigenvalue weighted by atomic mass is 10.1. The van der Waals surface area contributed by atoms with Crippen molar-refractivity contribution in [3.8, 4) is 17.2 Å². The quantitative estimate of drug-likeness (QED) is 0.169. The minimum atomic E-state index is -0.347. The first-order valence-corrected chi connectivity index (χ1v) is 14.8. The third-order valence-electron chi connectivity index (χ3n) is 7.70. The molecule has 8 heteroatoms. The van der Waals surface area contributed by atoms with E-state index in [9.17, 15) is 9.59 Å². The number of piperidine rings is 1. The van der Waals surface area contributed by atoms with E-state index in [4.69, 9.17) is 13.9 Å². The van der Waals surface area contributed by atoms with Gasteiger partial charge in [0, 0.05) is 29.9 Å². The number of benzene rings is 4. The number of nitrogens with zero attached hydrogens (tertiary/aromatic N) is 1. The highest BCUT2D eigenvalue weighted by Crippen LogP contribution is 2.35. The fourth-order valence-corrected chi connectivity index (χ4v) is 5.45. The number of hydrogen-bond acceptors (Lipinski definition) is 6. The van der Waals surface area contributed by atoms with Crippen molar-refractivity contribution in [2.24, 2.45) is 0 Å². The van der Waals surface area contributed by atoms with Gasteiger partial charge in [0.1, 0.15) is 22.8 Å². The van der Waals surface area contributed by atoms with Crippen LogP contribution in [0.5, 0.6) is 17.2 Å². The van der Waals surface area contributed by atoms with Crippen molar-refractivity contribution >= 4 is 33.5 Å². The average molecular weight is 578 g/mol. The van der Waals surface area contributed by atoms with Gasteiger partial charge >= 0.3 is 6.03 Å². The number of carbonyl (C=O) groups is 1. The molecular formula is C35H35N3O5. The highest BCUT2D eigenvalue weighted by molar-refractivity contribution is 6.04. The molecule has 1 aromatic heterocycles. The van der Waals surface area contributed by atoms with E-state index in [2.05, 4.69) is 15.5 Å². The number of nitrogens with one attached hydrogen (secondary N) is 2. The predicted molar refractivity (Wildman–Crippen MR) is 169 cm³/mol. The van der Waals surface area contributed by atoms with Crippen LogP contribution in [0.3, 0.4) is 0 Å². The zero-order chi connectivity index (χ0) is 29.4. The van der Waals surface area contributed by atoms with Crippen molar-refractivity contribution in [2.75, 3.05) is 31.6 Å². The fourth-order valence-electron chi connectivity index (χ4n) is 5.45. The molecule has 43 heavy (non-hydrogen) atoms. The fraction of sp³-hybridized carbons (Fsp3) is 0.257. The highest BCUT2D eigenvalue weighted by atomic mass is 16.5. The van der Waals surface area contributed by atoms with Crippen LogP contribution in [0.15, 0.2) is 100 Å². The lowest BCUT2D eigenvalue weighted by molar-refractivity contribution is 0.205. The van der Waals surface area contributed by atoms with E-state index in [1.165, 1.54) is 44.7 Å². The number of fused-ring (bicyclic) bond motifs is 2. The first kappa shape index (κ1) is 28.3. The molecule has 220 valence electrons. The molecule has 0 radical (unpaired) electrons. The molecule has 0 bridgehead atoms. The average Bonchev–Trinajstić information content (AvgIpc) is 3.04. The Morgan fingerprint density at radius 3 is 2.47 bits per heavy atom. The first-order chi connectivity index (χ1) is 21.1. The van der Waals surface area contributed by atoms with Crippen molar-refractivity contribution < 1.29 is 18.7 Å². The Kier molecular flexibility index (Phi) is 8.85. The topological polar surface area (TPSA) is 93.0 Å².